The second kappa shape index (κ2) is 8.21. The van der Waals surface area contributed by atoms with Crippen LogP contribution in [0.1, 0.15) is 24.6 Å². The van der Waals surface area contributed by atoms with Gasteiger partial charge in [0.1, 0.15) is 5.82 Å². The first-order valence-electron chi connectivity index (χ1n) is 6.97. The molecule has 2 heterocycles. The van der Waals surface area contributed by atoms with E-state index in [-0.39, 0.29) is 0 Å². The van der Waals surface area contributed by atoms with Crippen LogP contribution in [0.25, 0.3) is 6.08 Å². The van der Waals surface area contributed by atoms with Crippen molar-refractivity contribution in [2.75, 3.05) is 12.4 Å². The molecule has 0 fully saturated rings. The van der Waals surface area contributed by atoms with Gasteiger partial charge in [-0.3, -0.25) is 0 Å². The molecule has 2 aromatic heterocycles. The topological polar surface area (TPSA) is 49.8 Å². The number of hydrogen-bond acceptors (Lipinski definition) is 5. The van der Waals surface area contributed by atoms with Crippen LogP contribution in [0.15, 0.2) is 48.4 Å². The van der Waals surface area contributed by atoms with Crippen molar-refractivity contribution in [3.05, 3.63) is 53.3 Å². The number of nitrogens with one attached hydrogen (secondary N) is 2. The minimum atomic E-state index is 0.813. The summed E-state index contributed by atoms with van der Waals surface area (Å²) in [5.74, 6) is 0.813. The maximum Gasteiger partial charge on any atom is 0.188 e. The molecule has 0 aromatic carbocycles. The van der Waals surface area contributed by atoms with Gasteiger partial charge in [-0.05, 0) is 37.3 Å². The zero-order valence-corrected chi connectivity index (χ0v) is 13.2. The smallest absolute Gasteiger partial charge is 0.188 e. The van der Waals surface area contributed by atoms with E-state index < -0.39 is 0 Å². The van der Waals surface area contributed by atoms with E-state index >= 15 is 0 Å². The maximum absolute atomic E-state index is 4.35. The molecule has 2 N–H and O–H groups in total. The molecule has 2 aromatic rings. The number of anilines is 2. The van der Waals surface area contributed by atoms with Gasteiger partial charge >= 0.3 is 0 Å². The van der Waals surface area contributed by atoms with Crippen LogP contribution in [0.3, 0.4) is 0 Å². The average Bonchev–Trinajstić information content (AvgIpc) is 2.95. The fourth-order valence-electron chi connectivity index (χ4n) is 1.80. The minimum absolute atomic E-state index is 0.813. The van der Waals surface area contributed by atoms with Crippen molar-refractivity contribution >= 4 is 28.4 Å². The normalized spacial score (nSPS) is 11.8. The van der Waals surface area contributed by atoms with Crippen molar-refractivity contribution in [3.63, 3.8) is 0 Å². The highest BCUT2D eigenvalue weighted by molar-refractivity contribution is 7.16. The van der Waals surface area contributed by atoms with Gasteiger partial charge in [0, 0.05) is 24.3 Å². The van der Waals surface area contributed by atoms with Gasteiger partial charge in [-0.15, -0.1) is 0 Å². The third-order valence-corrected chi connectivity index (χ3v) is 3.77. The predicted molar refractivity (Wildman–Crippen MR) is 90.7 cm³/mol. The summed E-state index contributed by atoms with van der Waals surface area (Å²) < 4.78 is 0. The molecule has 0 bridgehead atoms. The molecule has 0 saturated carbocycles. The molecule has 0 atom stereocenters. The van der Waals surface area contributed by atoms with Crippen molar-refractivity contribution in [1.29, 1.82) is 0 Å². The van der Waals surface area contributed by atoms with E-state index in [0.717, 1.165) is 28.7 Å². The highest BCUT2D eigenvalue weighted by Gasteiger charge is 2.00. The SMILES string of the molecule is CC/C(=C/NC)C/C=C/c1cnc(Nc2ccccn2)s1. The lowest BCUT2D eigenvalue weighted by Gasteiger charge is -1.99. The van der Waals surface area contributed by atoms with E-state index in [2.05, 4.69) is 45.9 Å². The third-order valence-electron chi connectivity index (χ3n) is 2.89. The lowest BCUT2D eigenvalue weighted by atomic mass is 10.1. The maximum atomic E-state index is 4.35. The number of allylic oxidation sites excluding steroid dienone is 2. The monoisotopic (exact) mass is 300 g/mol. The Hall–Kier alpha value is -2.14. The zero-order valence-electron chi connectivity index (χ0n) is 12.3. The summed E-state index contributed by atoms with van der Waals surface area (Å²) in [5, 5.41) is 7.13. The Labute approximate surface area is 129 Å². The average molecular weight is 300 g/mol. The van der Waals surface area contributed by atoms with Gasteiger partial charge in [0.15, 0.2) is 5.13 Å². The van der Waals surface area contributed by atoms with Crippen molar-refractivity contribution < 1.29 is 0 Å². The molecule has 0 spiro atoms. The lowest BCUT2D eigenvalue weighted by molar-refractivity contribution is 0.971. The Morgan fingerprint density at radius 1 is 1.33 bits per heavy atom. The molecule has 0 aliphatic rings. The third kappa shape index (κ3) is 5.04. The van der Waals surface area contributed by atoms with Gasteiger partial charge in [-0.2, -0.15) is 0 Å². The highest BCUT2D eigenvalue weighted by Crippen LogP contribution is 2.22. The van der Waals surface area contributed by atoms with Gasteiger partial charge in [-0.1, -0.05) is 36.0 Å². The van der Waals surface area contributed by atoms with Crippen molar-refractivity contribution in [3.8, 4) is 0 Å². The first-order chi connectivity index (χ1) is 10.3. The molecule has 110 valence electrons. The van der Waals surface area contributed by atoms with Gasteiger partial charge in [0.2, 0.25) is 0 Å². The van der Waals surface area contributed by atoms with Crippen LogP contribution in [-0.4, -0.2) is 17.0 Å². The van der Waals surface area contributed by atoms with Crippen molar-refractivity contribution in [2.45, 2.75) is 19.8 Å². The second-order valence-electron chi connectivity index (χ2n) is 4.46. The van der Waals surface area contributed by atoms with Crippen LogP contribution in [0.5, 0.6) is 0 Å². The van der Waals surface area contributed by atoms with Gasteiger partial charge < -0.3 is 10.6 Å². The number of thiazole rings is 1. The summed E-state index contributed by atoms with van der Waals surface area (Å²) in [6.07, 6.45) is 12.0. The molecule has 0 saturated heterocycles. The molecule has 0 aliphatic carbocycles. The molecule has 4 nitrogen and oxygen atoms in total. The predicted octanol–water partition coefficient (Wildman–Crippen LogP) is 4.20. The molecule has 0 unspecified atom stereocenters. The van der Waals surface area contributed by atoms with Crippen LogP contribution in [0.2, 0.25) is 0 Å². The van der Waals surface area contributed by atoms with Crippen LogP contribution in [-0.2, 0) is 0 Å². The van der Waals surface area contributed by atoms with Crippen LogP contribution in [0.4, 0.5) is 10.9 Å². The molecule has 21 heavy (non-hydrogen) atoms. The Morgan fingerprint density at radius 3 is 2.95 bits per heavy atom. The minimum Gasteiger partial charge on any atom is -0.394 e. The summed E-state index contributed by atoms with van der Waals surface area (Å²) in [4.78, 5) is 9.71. The second-order valence-corrected chi connectivity index (χ2v) is 5.52. The fourth-order valence-corrected chi connectivity index (χ4v) is 2.56. The summed E-state index contributed by atoms with van der Waals surface area (Å²) in [7, 11) is 1.93. The van der Waals surface area contributed by atoms with Crippen molar-refractivity contribution in [1.82, 2.24) is 15.3 Å². The Balaban J connectivity index is 1.92. The Morgan fingerprint density at radius 2 is 2.24 bits per heavy atom. The number of rotatable bonds is 7. The van der Waals surface area contributed by atoms with Crippen LogP contribution < -0.4 is 10.6 Å². The Kier molecular flexibility index (Phi) is 5.97. The van der Waals surface area contributed by atoms with E-state index in [1.54, 1.807) is 17.5 Å². The highest BCUT2D eigenvalue weighted by atomic mass is 32.1. The quantitative estimate of drug-likeness (QED) is 0.804. The van der Waals surface area contributed by atoms with Crippen LogP contribution in [0, 0.1) is 0 Å². The first kappa shape index (κ1) is 15.3. The fraction of sp³-hybridized carbons (Fsp3) is 0.250. The molecule has 0 radical (unpaired) electrons. The lowest BCUT2D eigenvalue weighted by Crippen LogP contribution is -1.95. The summed E-state index contributed by atoms with van der Waals surface area (Å²) in [6.45, 7) is 2.17. The van der Waals surface area contributed by atoms with Gasteiger partial charge in [-0.25, -0.2) is 9.97 Å². The van der Waals surface area contributed by atoms with E-state index in [4.69, 9.17) is 0 Å². The number of nitrogens with zero attached hydrogens (tertiary/aromatic N) is 2. The summed E-state index contributed by atoms with van der Waals surface area (Å²) >= 11 is 1.62. The van der Waals surface area contributed by atoms with Gasteiger partial charge in [0.05, 0.1) is 0 Å². The standard InChI is InChI=1S/C16H20N4S/c1-3-13(11-17-2)7-6-8-14-12-19-16(21-14)20-15-9-4-5-10-18-15/h4-6,8-12,17H,3,7H2,1-2H3,(H,18,19,20)/b8-6+,13-11-. The number of pyridine rings is 1. The van der Waals surface area contributed by atoms with Crippen molar-refractivity contribution in [2.24, 2.45) is 0 Å². The van der Waals surface area contributed by atoms with Gasteiger partial charge in [0.25, 0.3) is 0 Å². The summed E-state index contributed by atoms with van der Waals surface area (Å²) in [5.41, 5.74) is 1.38. The molecular weight excluding hydrogens is 280 g/mol. The van der Waals surface area contributed by atoms with Crippen LogP contribution >= 0.6 is 11.3 Å². The van der Waals surface area contributed by atoms with E-state index in [0.29, 0.717) is 0 Å². The summed E-state index contributed by atoms with van der Waals surface area (Å²) in [6, 6.07) is 5.77. The number of aromatic nitrogens is 2. The van der Waals surface area contributed by atoms with E-state index in [1.807, 2.05) is 31.4 Å². The molecule has 5 heteroatoms. The molecular formula is C16H20N4S. The largest absolute Gasteiger partial charge is 0.394 e. The number of hydrogen-bond donors (Lipinski definition) is 2. The molecule has 0 aliphatic heterocycles. The Bertz CT molecular complexity index is 602. The first-order valence-corrected chi connectivity index (χ1v) is 7.79. The molecule has 0 amide bonds. The zero-order chi connectivity index (χ0) is 14.9. The molecule has 2 rings (SSSR count). The van der Waals surface area contributed by atoms with E-state index in [9.17, 15) is 0 Å². The van der Waals surface area contributed by atoms with E-state index in [1.165, 1.54) is 5.57 Å².